The Morgan fingerprint density at radius 3 is 2.62 bits per heavy atom. The van der Waals surface area contributed by atoms with E-state index in [-0.39, 0.29) is 12.2 Å². The van der Waals surface area contributed by atoms with Crippen LogP contribution in [0.3, 0.4) is 0 Å². The van der Waals surface area contributed by atoms with Gasteiger partial charge < -0.3 is 19.7 Å². The number of rotatable bonds is 5. The molecule has 10 heteroatoms. The molecule has 0 aromatic carbocycles. The summed E-state index contributed by atoms with van der Waals surface area (Å²) in [6.07, 6.45) is 6.80. The molecule has 1 N–H and O–H groups in total. The summed E-state index contributed by atoms with van der Waals surface area (Å²) < 4.78 is 10.8. The predicted octanol–water partition coefficient (Wildman–Crippen LogP) is 2.09. The minimum absolute atomic E-state index is 0.132. The SMILES string of the molecule is COc1cnc(-c2cnnc(Nc3ccnc(N4C[C@@H](C)O[C@@H](C)C4)n3)c2)cn1. The Labute approximate surface area is 168 Å². The highest BCUT2D eigenvalue weighted by molar-refractivity contribution is 5.63. The monoisotopic (exact) mass is 394 g/mol. The van der Waals surface area contributed by atoms with Gasteiger partial charge >= 0.3 is 0 Å². The average Bonchev–Trinajstić information content (AvgIpc) is 2.73. The lowest BCUT2D eigenvalue weighted by atomic mass is 10.2. The Bertz CT molecular complexity index is 958. The third kappa shape index (κ3) is 4.54. The molecule has 4 rings (SSSR count). The fourth-order valence-electron chi connectivity index (χ4n) is 3.18. The molecule has 1 aliphatic heterocycles. The molecule has 0 radical (unpaired) electrons. The van der Waals surface area contributed by atoms with Gasteiger partial charge in [-0.15, -0.1) is 5.10 Å². The van der Waals surface area contributed by atoms with Crippen molar-refractivity contribution in [1.82, 2.24) is 30.1 Å². The van der Waals surface area contributed by atoms with Crippen LogP contribution in [-0.4, -0.2) is 62.5 Å². The van der Waals surface area contributed by atoms with Crippen molar-refractivity contribution >= 4 is 17.6 Å². The van der Waals surface area contributed by atoms with E-state index >= 15 is 0 Å². The van der Waals surface area contributed by atoms with E-state index in [2.05, 4.69) is 40.3 Å². The number of anilines is 3. The van der Waals surface area contributed by atoms with Gasteiger partial charge in [0, 0.05) is 24.8 Å². The molecule has 0 unspecified atom stereocenters. The zero-order valence-electron chi connectivity index (χ0n) is 16.5. The molecule has 0 saturated carbocycles. The van der Waals surface area contributed by atoms with Crippen LogP contribution in [0.2, 0.25) is 0 Å². The van der Waals surface area contributed by atoms with Crippen molar-refractivity contribution in [3.63, 3.8) is 0 Å². The summed E-state index contributed by atoms with van der Waals surface area (Å²) in [6, 6.07) is 3.63. The molecule has 1 saturated heterocycles. The largest absolute Gasteiger partial charge is 0.480 e. The topological polar surface area (TPSA) is 111 Å². The zero-order valence-corrected chi connectivity index (χ0v) is 16.5. The van der Waals surface area contributed by atoms with E-state index in [1.54, 1.807) is 38.0 Å². The molecule has 0 amide bonds. The number of nitrogens with zero attached hydrogens (tertiary/aromatic N) is 7. The number of morpholine rings is 1. The van der Waals surface area contributed by atoms with E-state index in [0.717, 1.165) is 18.7 Å². The molecule has 3 aromatic rings. The molecule has 10 nitrogen and oxygen atoms in total. The molecule has 2 atom stereocenters. The van der Waals surface area contributed by atoms with Crippen LogP contribution in [-0.2, 0) is 4.74 Å². The van der Waals surface area contributed by atoms with Crippen LogP contribution in [0.1, 0.15) is 13.8 Å². The highest BCUT2D eigenvalue weighted by Gasteiger charge is 2.24. The Morgan fingerprint density at radius 2 is 1.90 bits per heavy atom. The molecule has 150 valence electrons. The summed E-state index contributed by atoms with van der Waals surface area (Å²) in [5, 5.41) is 11.4. The number of methoxy groups -OCH3 is 1. The minimum Gasteiger partial charge on any atom is -0.480 e. The van der Waals surface area contributed by atoms with Crippen LogP contribution < -0.4 is 15.0 Å². The van der Waals surface area contributed by atoms with E-state index in [9.17, 15) is 0 Å². The molecule has 0 bridgehead atoms. The average molecular weight is 394 g/mol. The quantitative estimate of drug-likeness (QED) is 0.690. The van der Waals surface area contributed by atoms with Crippen molar-refractivity contribution in [3.05, 3.63) is 36.9 Å². The third-order valence-corrected chi connectivity index (χ3v) is 4.39. The number of hydrogen-bond donors (Lipinski definition) is 1. The van der Waals surface area contributed by atoms with Crippen LogP contribution >= 0.6 is 0 Å². The van der Waals surface area contributed by atoms with Gasteiger partial charge in [-0.2, -0.15) is 10.1 Å². The number of hydrogen-bond acceptors (Lipinski definition) is 10. The maximum absolute atomic E-state index is 5.78. The Hall–Kier alpha value is -3.40. The molecule has 1 aliphatic rings. The summed E-state index contributed by atoms with van der Waals surface area (Å²) in [4.78, 5) is 19.7. The van der Waals surface area contributed by atoms with Crippen molar-refractivity contribution in [2.24, 2.45) is 0 Å². The summed E-state index contributed by atoms with van der Waals surface area (Å²) >= 11 is 0. The normalized spacial score (nSPS) is 19.1. The highest BCUT2D eigenvalue weighted by atomic mass is 16.5. The van der Waals surface area contributed by atoms with E-state index in [0.29, 0.717) is 29.2 Å². The van der Waals surface area contributed by atoms with Gasteiger partial charge in [-0.05, 0) is 26.0 Å². The van der Waals surface area contributed by atoms with Crippen LogP contribution in [0.5, 0.6) is 5.88 Å². The van der Waals surface area contributed by atoms with Crippen molar-refractivity contribution in [2.45, 2.75) is 26.1 Å². The van der Waals surface area contributed by atoms with Crippen LogP contribution in [0.15, 0.2) is 36.9 Å². The van der Waals surface area contributed by atoms with E-state index in [4.69, 9.17) is 9.47 Å². The number of nitrogens with one attached hydrogen (secondary N) is 1. The Balaban J connectivity index is 1.52. The van der Waals surface area contributed by atoms with Crippen molar-refractivity contribution in [2.75, 3.05) is 30.4 Å². The van der Waals surface area contributed by atoms with Gasteiger partial charge in [0.05, 0.1) is 43.6 Å². The second-order valence-corrected chi connectivity index (χ2v) is 6.80. The first kappa shape index (κ1) is 18.9. The smallest absolute Gasteiger partial charge is 0.232 e. The lowest BCUT2D eigenvalue weighted by Crippen LogP contribution is -2.46. The van der Waals surface area contributed by atoms with Crippen LogP contribution in [0, 0.1) is 0 Å². The Kier molecular flexibility index (Phi) is 5.43. The van der Waals surface area contributed by atoms with Gasteiger partial charge in [-0.25, -0.2) is 15.0 Å². The fourth-order valence-corrected chi connectivity index (χ4v) is 3.18. The predicted molar refractivity (Wildman–Crippen MR) is 107 cm³/mol. The van der Waals surface area contributed by atoms with Crippen molar-refractivity contribution < 1.29 is 9.47 Å². The molecule has 0 aliphatic carbocycles. The van der Waals surface area contributed by atoms with Crippen LogP contribution in [0.4, 0.5) is 17.6 Å². The first-order valence-corrected chi connectivity index (χ1v) is 9.30. The summed E-state index contributed by atoms with van der Waals surface area (Å²) in [5.74, 6) is 2.29. The summed E-state index contributed by atoms with van der Waals surface area (Å²) in [7, 11) is 1.55. The second kappa shape index (κ2) is 8.31. The lowest BCUT2D eigenvalue weighted by molar-refractivity contribution is -0.00571. The van der Waals surface area contributed by atoms with E-state index in [1.807, 2.05) is 19.9 Å². The fraction of sp³-hybridized carbons (Fsp3) is 0.368. The standard InChI is InChI=1S/C19H22N8O2/c1-12-10-27(11-13(2)29-12)19-20-5-4-16(25-19)24-17-6-14(7-23-26-17)15-8-22-18(28-3)9-21-15/h4-9,12-13H,10-11H2,1-3H3,(H,20,24,25,26)/t12-,13+. The summed E-state index contributed by atoms with van der Waals surface area (Å²) in [5.41, 5.74) is 1.45. The van der Waals surface area contributed by atoms with Crippen LogP contribution in [0.25, 0.3) is 11.3 Å². The number of ether oxygens (including phenoxy) is 2. The lowest BCUT2D eigenvalue weighted by Gasteiger charge is -2.35. The van der Waals surface area contributed by atoms with Gasteiger partial charge in [0.1, 0.15) is 5.82 Å². The minimum atomic E-state index is 0.132. The van der Waals surface area contributed by atoms with Gasteiger partial charge in [-0.1, -0.05) is 0 Å². The van der Waals surface area contributed by atoms with Crippen molar-refractivity contribution in [3.8, 4) is 17.1 Å². The molecule has 1 fully saturated rings. The van der Waals surface area contributed by atoms with E-state index in [1.165, 1.54) is 0 Å². The Morgan fingerprint density at radius 1 is 1.07 bits per heavy atom. The second-order valence-electron chi connectivity index (χ2n) is 6.80. The third-order valence-electron chi connectivity index (χ3n) is 4.39. The first-order valence-electron chi connectivity index (χ1n) is 9.30. The molecular formula is C19H22N8O2. The number of aromatic nitrogens is 6. The molecule has 29 heavy (non-hydrogen) atoms. The molecule has 0 spiro atoms. The van der Waals surface area contributed by atoms with Crippen molar-refractivity contribution in [1.29, 1.82) is 0 Å². The summed E-state index contributed by atoms with van der Waals surface area (Å²) in [6.45, 7) is 5.60. The highest BCUT2D eigenvalue weighted by Crippen LogP contribution is 2.22. The van der Waals surface area contributed by atoms with Gasteiger partial charge in [0.15, 0.2) is 5.82 Å². The van der Waals surface area contributed by atoms with E-state index < -0.39 is 0 Å². The van der Waals surface area contributed by atoms with Gasteiger partial charge in [-0.3, -0.25) is 0 Å². The van der Waals surface area contributed by atoms with Gasteiger partial charge in [0.2, 0.25) is 11.8 Å². The maximum atomic E-state index is 5.78. The molecule has 4 heterocycles. The molecule has 3 aromatic heterocycles. The first-order chi connectivity index (χ1) is 14.1. The van der Waals surface area contributed by atoms with Gasteiger partial charge in [0.25, 0.3) is 0 Å². The zero-order chi connectivity index (χ0) is 20.2. The molecular weight excluding hydrogens is 372 g/mol. The maximum Gasteiger partial charge on any atom is 0.232 e.